The van der Waals surface area contributed by atoms with Gasteiger partial charge in [0.05, 0.1) is 13.2 Å². The van der Waals surface area contributed by atoms with Gasteiger partial charge in [-0.2, -0.15) is 0 Å². The predicted molar refractivity (Wildman–Crippen MR) is 108 cm³/mol. The molecule has 0 spiro atoms. The zero-order valence-electron chi connectivity index (χ0n) is 16.6. The first-order valence-corrected chi connectivity index (χ1v) is 10.8. The topological polar surface area (TPSA) is 49.0 Å². The Bertz CT molecular complexity index is 842. The fourth-order valence-corrected chi connectivity index (χ4v) is 5.72. The molecule has 2 bridgehead atoms. The second-order valence-corrected chi connectivity index (χ2v) is 8.80. The Balaban J connectivity index is 1.41. The summed E-state index contributed by atoms with van der Waals surface area (Å²) < 4.78 is 22.4. The fourth-order valence-electron chi connectivity index (χ4n) is 5.72. The quantitative estimate of drug-likeness (QED) is 0.851. The average molecular weight is 393 g/mol. The maximum Gasteiger partial charge on any atom is 0.189 e. The van der Waals surface area contributed by atoms with Gasteiger partial charge >= 0.3 is 0 Å². The van der Waals surface area contributed by atoms with Crippen LogP contribution in [0.4, 0.5) is 0 Å². The first-order chi connectivity index (χ1) is 14.3. The molecule has 29 heavy (non-hydrogen) atoms. The zero-order chi connectivity index (χ0) is 19.2. The lowest BCUT2D eigenvalue weighted by molar-refractivity contribution is -0.0164. The van der Waals surface area contributed by atoms with Crippen molar-refractivity contribution >= 4 is 0 Å². The van der Waals surface area contributed by atoms with Gasteiger partial charge in [0.15, 0.2) is 13.6 Å². The molecule has 5 heteroatoms. The zero-order valence-corrected chi connectivity index (χ0v) is 16.6. The molecule has 1 N–H and O–H groups in total. The van der Waals surface area contributed by atoms with Gasteiger partial charge in [-0.3, -0.25) is 0 Å². The highest BCUT2D eigenvalue weighted by atomic mass is 16.7. The Morgan fingerprint density at radius 2 is 1.31 bits per heavy atom. The van der Waals surface area contributed by atoms with Gasteiger partial charge in [-0.25, -0.2) is 0 Å². The van der Waals surface area contributed by atoms with Crippen molar-refractivity contribution < 1.29 is 18.9 Å². The molecule has 152 valence electrons. The number of rotatable bonds is 3. The molecule has 2 unspecified atom stereocenters. The van der Waals surface area contributed by atoms with Crippen LogP contribution < -0.4 is 14.8 Å². The van der Waals surface area contributed by atoms with Crippen LogP contribution in [0.1, 0.15) is 53.9 Å². The summed E-state index contributed by atoms with van der Waals surface area (Å²) in [6, 6.07) is 14.7. The molecule has 2 fully saturated rings. The lowest BCUT2D eigenvalue weighted by Crippen LogP contribution is -2.40. The van der Waals surface area contributed by atoms with Gasteiger partial charge < -0.3 is 24.3 Å². The maximum absolute atomic E-state index is 5.66. The predicted octanol–water partition coefficient (Wildman–Crippen LogP) is 4.08. The Labute approximate surface area is 171 Å². The molecule has 6 rings (SSSR count). The van der Waals surface area contributed by atoms with Gasteiger partial charge in [-0.05, 0) is 67.0 Å². The van der Waals surface area contributed by atoms with Crippen molar-refractivity contribution in [1.82, 2.24) is 5.32 Å². The molecule has 4 heterocycles. The van der Waals surface area contributed by atoms with Crippen molar-refractivity contribution in [2.45, 2.75) is 56.9 Å². The van der Waals surface area contributed by atoms with E-state index in [1.54, 1.807) is 0 Å². The molecule has 0 radical (unpaired) electrons. The summed E-state index contributed by atoms with van der Waals surface area (Å²) in [6.45, 7) is 1.94. The van der Waals surface area contributed by atoms with Crippen LogP contribution in [-0.2, 0) is 22.7 Å². The maximum atomic E-state index is 5.66. The van der Waals surface area contributed by atoms with E-state index in [0.717, 1.165) is 22.6 Å². The minimum atomic E-state index is 0.345. The number of nitrogens with one attached hydrogen (secondary N) is 1. The van der Waals surface area contributed by atoms with Crippen LogP contribution in [0.25, 0.3) is 0 Å². The molecule has 0 amide bonds. The Morgan fingerprint density at radius 3 is 1.86 bits per heavy atom. The highest BCUT2D eigenvalue weighted by molar-refractivity contribution is 5.46. The standard InChI is InChI=1S/C24H27NO4/c1-5-22-18(11-26-13-28-22)7-15(1)24(17-9-20-3-4-21(10-17)25-20)16-2-6-23-19(8-16)12-27-14-29-23/h1-2,5-8,17,20-21,24-25H,3-4,9-14H2. The molecule has 2 saturated heterocycles. The minimum absolute atomic E-state index is 0.345. The summed E-state index contributed by atoms with van der Waals surface area (Å²) in [5.74, 6) is 2.90. The third-order valence-corrected chi connectivity index (χ3v) is 6.98. The Morgan fingerprint density at radius 1 is 0.759 bits per heavy atom. The number of hydrogen-bond donors (Lipinski definition) is 1. The fraction of sp³-hybridized carbons (Fsp3) is 0.500. The van der Waals surface area contributed by atoms with Crippen molar-refractivity contribution in [3.63, 3.8) is 0 Å². The minimum Gasteiger partial charge on any atom is -0.467 e. The van der Waals surface area contributed by atoms with E-state index < -0.39 is 0 Å². The van der Waals surface area contributed by atoms with Gasteiger partial charge in [0.25, 0.3) is 0 Å². The highest BCUT2D eigenvalue weighted by Gasteiger charge is 2.38. The number of hydrogen-bond acceptors (Lipinski definition) is 5. The van der Waals surface area contributed by atoms with Gasteiger partial charge in [0, 0.05) is 29.1 Å². The van der Waals surface area contributed by atoms with E-state index in [-0.39, 0.29) is 0 Å². The second kappa shape index (κ2) is 7.31. The third-order valence-electron chi connectivity index (χ3n) is 6.98. The summed E-state index contributed by atoms with van der Waals surface area (Å²) in [4.78, 5) is 0. The van der Waals surface area contributed by atoms with E-state index in [1.807, 2.05) is 0 Å². The lowest BCUT2D eigenvalue weighted by atomic mass is 9.74. The SMILES string of the molecule is c1cc2c(cc1C(c1ccc3c(c1)COCO3)C1CC3CCC(C1)N3)COCO2. The van der Waals surface area contributed by atoms with Crippen LogP contribution in [0.15, 0.2) is 36.4 Å². The van der Waals surface area contributed by atoms with E-state index in [0.29, 0.717) is 50.7 Å². The molecule has 2 atom stereocenters. The summed E-state index contributed by atoms with van der Waals surface area (Å²) in [5, 5.41) is 3.80. The highest BCUT2D eigenvalue weighted by Crippen LogP contribution is 2.44. The Hall–Kier alpha value is -2.08. The van der Waals surface area contributed by atoms with E-state index in [9.17, 15) is 0 Å². The van der Waals surface area contributed by atoms with E-state index in [1.165, 1.54) is 36.8 Å². The molecule has 0 saturated carbocycles. The monoisotopic (exact) mass is 393 g/mol. The number of piperidine rings is 1. The molecule has 5 nitrogen and oxygen atoms in total. The normalized spacial score (nSPS) is 27.7. The van der Waals surface area contributed by atoms with Crippen molar-refractivity contribution in [2.24, 2.45) is 5.92 Å². The summed E-state index contributed by atoms with van der Waals surface area (Å²) in [7, 11) is 0. The molecule has 2 aromatic carbocycles. The molecular formula is C24H27NO4. The molecule has 0 aromatic heterocycles. The van der Waals surface area contributed by atoms with Crippen LogP contribution in [-0.4, -0.2) is 25.7 Å². The summed E-state index contributed by atoms with van der Waals surface area (Å²) in [6.07, 6.45) is 5.09. The van der Waals surface area contributed by atoms with Crippen LogP contribution >= 0.6 is 0 Å². The van der Waals surface area contributed by atoms with E-state index in [2.05, 4.69) is 41.7 Å². The largest absolute Gasteiger partial charge is 0.467 e. The number of ether oxygens (including phenoxy) is 4. The third kappa shape index (κ3) is 3.31. The van der Waals surface area contributed by atoms with Crippen molar-refractivity contribution in [3.8, 4) is 11.5 Å². The molecule has 4 aliphatic rings. The molecule has 4 aliphatic heterocycles. The van der Waals surface area contributed by atoms with E-state index in [4.69, 9.17) is 18.9 Å². The Kier molecular flexibility index (Phi) is 4.48. The first-order valence-electron chi connectivity index (χ1n) is 10.8. The van der Waals surface area contributed by atoms with Crippen molar-refractivity contribution in [1.29, 1.82) is 0 Å². The first kappa shape index (κ1) is 17.8. The van der Waals surface area contributed by atoms with Gasteiger partial charge in [-0.1, -0.05) is 12.1 Å². The van der Waals surface area contributed by atoms with Crippen LogP contribution in [0.2, 0.25) is 0 Å². The molecular weight excluding hydrogens is 366 g/mol. The van der Waals surface area contributed by atoms with Gasteiger partial charge in [0.1, 0.15) is 11.5 Å². The van der Waals surface area contributed by atoms with E-state index >= 15 is 0 Å². The van der Waals surface area contributed by atoms with Gasteiger partial charge in [0.2, 0.25) is 0 Å². The molecule has 2 aromatic rings. The lowest BCUT2D eigenvalue weighted by Gasteiger charge is -2.36. The van der Waals surface area contributed by atoms with Crippen LogP contribution in [0.5, 0.6) is 11.5 Å². The van der Waals surface area contributed by atoms with Crippen molar-refractivity contribution in [3.05, 3.63) is 58.7 Å². The van der Waals surface area contributed by atoms with Gasteiger partial charge in [-0.15, -0.1) is 0 Å². The smallest absolute Gasteiger partial charge is 0.189 e. The van der Waals surface area contributed by atoms with Crippen LogP contribution in [0.3, 0.4) is 0 Å². The summed E-state index contributed by atoms with van der Waals surface area (Å²) >= 11 is 0. The second-order valence-electron chi connectivity index (χ2n) is 8.80. The average Bonchev–Trinajstić information content (AvgIpc) is 3.11. The number of fused-ring (bicyclic) bond motifs is 4. The van der Waals surface area contributed by atoms with Crippen molar-refractivity contribution in [2.75, 3.05) is 13.6 Å². The summed E-state index contributed by atoms with van der Waals surface area (Å²) in [5.41, 5.74) is 5.03. The molecule has 0 aliphatic carbocycles. The van der Waals surface area contributed by atoms with Crippen LogP contribution in [0, 0.1) is 5.92 Å². The number of benzene rings is 2.